The first-order valence-corrected chi connectivity index (χ1v) is 10.8. The molecule has 0 bridgehead atoms. The zero-order valence-corrected chi connectivity index (χ0v) is 16.8. The van der Waals surface area contributed by atoms with Gasteiger partial charge in [0.1, 0.15) is 0 Å². The number of Topliss-reactive ketones (excluding diaryl/α,β-unsaturated/α-hetero) is 1. The van der Waals surface area contributed by atoms with E-state index in [4.69, 9.17) is 11.6 Å². The average molecular weight is 395 g/mol. The number of hydrogen-bond acceptors (Lipinski definition) is 5. The van der Waals surface area contributed by atoms with Crippen molar-refractivity contribution in [3.63, 3.8) is 0 Å². The highest BCUT2D eigenvalue weighted by Gasteiger charge is 2.17. The summed E-state index contributed by atoms with van der Waals surface area (Å²) >= 11 is 9.56. The molecule has 25 heavy (non-hydrogen) atoms. The van der Waals surface area contributed by atoms with E-state index in [1.54, 1.807) is 18.3 Å². The monoisotopic (exact) mass is 394 g/mol. The van der Waals surface area contributed by atoms with Gasteiger partial charge in [-0.2, -0.15) is 0 Å². The van der Waals surface area contributed by atoms with Crippen LogP contribution in [0, 0.1) is 0 Å². The van der Waals surface area contributed by atoms with Gasteiger partial charge >= 0.3 is 0 Å². The van der Waals surface area contributed by atoms with Crippen LogP contribution in [0.5, 0.6) is 0 Å². The summed E-state index contributed by atoms with van der Waals surface area (Å²) < 4.78 is 1.25. The van der Waals surface area contributed by atoms with Crippen LogP contribution in [0.25, 0.3) is 0 Å². The molecule has 2 heterocycles. The van der Waals surface area contributed by atoms with Gasteiger partial charge in [-0.15, -0.1) is 23.1 Å². The van der Waals surface area contributed by atoms with Crippen molar-refractivity contribution in [1.29, 1.82) is 0 Å². The minimum Gasteiger partial charge on any atom is -0.369 e. The maximum absolute atomic E-state index is 11.3. The molecule has 3 nitrogen and oxygen atoms in total. The number of hydrogen-bond donors (Lipinski definition) is 0. The second-order valence-corrected chi connectivity index (χ2v) is 9.10. The van der Waals surface area contributed by atoms with Crippen LogP contribution in [-0.2, 0) is 0 Å². The van der Waals surface area contributed by atoms with E-state index in [2.05, 4.69) is 21.9 Å². The summed E-state index contributed by atoms with van der Waals surface area (Å²) in [7, 11) is 0. The Morgan fingerprint density at radius 1 is 1.20 bits per heavy atom. The van der Waals surface area contributed by atoms with Gasteiger partial charge in [0.25, 0.3) is 0 Å². The fourth-order valence-electron chi connectivity index (χ4n) is 2.95. The first-order valence-electron chi connectivity index (χ1n) is 8.58. The number of carbonyl (C=O) groups excluding carboxylic acids is 1. The zero-order chi connectivity index (χ0) is 17.6. The smallest absolute Gasteiger partial charge is 0.169 e. The van der Waals surface area contributed by atoms with E-state index in [9.17, 15) is 4.79 Å². The molecule has 0 aliphatic carbocycles. The zero-order valence-electron chi connectivity index (χ0n) is 14.4. The van der Waals surface area contributed by atoms with Crippen molar-refractivity contribution < 1.29 is 4.79 Å². The SMILES string of the molecule is CC(=O)c1ccc(SCCCN2CCN(c3cccc(Cl)c3)CC2)s1. The number of rotatable bonds is 7. The molecule has 1 saturated heterocycles. The third kappa shape index (κ3) is 5.48. The lowest BCUT2D eigenvalue weighted by molar-refractivity contribution is 0.102. The quantitative estimate of drug-likeness (QED) is 0.378. The highest BCUT2D eigenvalue weighted by Crippen LogP contribution is 2.28. The second-order valence-electron chi connectivity index (χ2n) is 6.19. The lowest BCUT2D eigenvalue weighted by Gasteiger charge is -2.36. The molecule has 0 spiro atoms. The summed E-state index contributed by atoms with van der Waals surface area (Å²) in [5.74, 6) is 1.27. The van der Waals surface area contributed by atoms with Crippen LogP contribution in [0.3, 0.4) is 0 Å². The van der Waals surface area contributed by atoms with Gasteiger partial charge in [-0.3, -0.25) is 9.69 Å². The molecule has 0 unspecified atom stereocenters. The summed E-state index contributed by atoms with van der Waals surface area (Å²) in [6.07, 6.45) is 1.18. The topological polar surface area (TPSA) is 23.6 Å². The molecule has 0 radical (unpaired) electrons. The first kappa shape index (κ1) is 18.8. The third-order valence-electron chi connectivity index (χ3n) is 4.34. The maximum Gasteiger partial charge on any atom is 0.169 e. The van der Waals surface area contributed by atoms with E-state index < -0.39 is 0 Å². The highest BCUT2D eigenvalue weighted by atomic mass is 35.5. The molecule has 1 fully saturated rings. The Kier molecular flexibility index (Phi) is 6.82. The molecule has 1 aromatic carbocycles. The predicted molar refractivity (Wildman–Crippen MR) is 110 cm³/mol. The minimum atomic E-state index is 0.162. The molecule has 0 N–H and O–H groups in total. The first-order chi connectivity index (χ1) is 12.1. The number of thiophene rings is 1. The number of carbonyl (C=O) groups is 1. The van der Waals surface area contributed by atoms with Gasteiger partial charge < -0.3 is 4.90 Å². The molecular formula is C19H23ClN2OS2. The maximum atomic E-state index is 11.3. The van der Waals surface area contributed by atoms with Gasteiger partial charge in [-0.05, 0) is 50.2 Å². The van der Waals surface area contributed by atoms with Gasteiger partial charge in [0.05, 0.1) is 9.09 Å². The molecule has 1 aromatic heterocycles. The van der Waals surface area contributed by atoms with Crippen molar-refractivity contribution in [1.82, 2.24) is 4.90 Å². The van der Waals surface area contributed by atoms with Crippen molar-refractivity contribution >= 4 is 46.2 Å². The number of halogens is 1. The Labute approximate surface area is 163 Å². The van der Waals surface area contributed by atoms with Crippen molar-refractivity contribution in [3.05, 3.63) is 46.3 Å². The van der Waals surface area contributed by atoms with Crippen LogP contribution >= 0.6 is 34.7 Å². The van der Waals surface area contributed by atoms with Gasteiger partial charge in [0.15, 0.2) is 5.78 Å². The third-order valence-corrected chi connectivity index (χ3v) is 7.07. The molecule has 6 heteroatoms. The van der Waals surface area contributed by atoms with E-state index in [1.807, 2.05) is 36.0 Å². The highest BCUT2D eigenvalue weighted by molar-refractivity contribution is 8.01. The number of piperazine rings is 1. The Bertz CT molecular complexity index is 711. The van der Waals surface area contributed by atoms with Gasteiger partial charge in [0, 0.05) is 42.6 Å². The average Bonchev–Trinajstić information content (AvgIpc) is 3.09. The van der Waals surface area contributed by atoms with Crippen LogP contribution in [0.4, 0.5) is 5.69 Å². The number of ketones is 1. The summed E-state index contributed by atoms with van der Waals surface area (Å²) in [6.45, 7) is 7.08. The van der Waals surface area contributed by atoms with Crippen molar-refractivity contribution in [2.24, 2.45) is 0 Å². The molecule has 0 saturated carbocycles. The number of anilines is 1. The summed E-state index contributed by atoms with van der Waals surface area (Å²) in [5.41, 5.74) is 1.22. The van der Waals surface area contributed by atoms with Gasteiger partial charge in [0.2, 0.25) is 0 Å². The Hall–Kier alpha value is -1.01. The van der Waals surface area contributed by atoms with Crippen LogP contribution in [0.15, 0.2) is 40.6 Å². The lowest BCUT2D eigenvalue weighted by atomic mass is 10.2. The Morgan fingerprint density at radius 3 is 2.68 bits per heavy atom. The van der Waals surface area contributed by atoms with E-state index in [0.717, 1.165) is 48.4 Å². The van der Waals surface area contributed by atoms with Crippen LogP contribution in [0.1, 0.15) is 23.0 Å². The Morgan fingerprint density at radius 2 is 2.00 bits per heavy atom. The molecule has 0 atom stereocenters. The van der Waals surface area contributed by atoms with Crippen LogP contribution < -0.4 is 4.90 Å². The molecule has 1 aliphatic heterocycles. The second kappa shape index (κ2) is 9.08. The largest absolute Gasteiger partial charge is 0.369 e. The van der Waals surface area contributed by atoms with E-state index in [-0.39, 0.29) is 5.78 Å². The van der Waals surface area contributed by atoms with Crippen LogP contribution in [-0.4, -0.2) is 49.2 Å². The molecule has 3 rings (SSSR count). The molecule has 1 aliphatic rings. The van der Waals surface area contributed by atoms with Crippen LogP contribution in [0.2, 0.25) is 5.02 Å². The fraction of sp³-hybridized carbons (Fsp3) is 0.421. The van der Waals surface area contributed by atoms with Gasteiger partial charge in [-0.25, -0.2) is 0 Å². The number of nitrogens with zero attached hydrogens (tertiary/aromatic N) is 2. The number of benzene rings is 1. The summed E-state index contributed by atoms with van der Waals surface area (Å²) in [4.78, 5) is 17.1. The molecular weight excluding hydrogens is 372 g/mol. The summed E-state index contributed by atoms with van der Waals surface area (Å²) in [6, 6.07) is 12.1. The van der Waals surface area contributed by atoms with Gasteiger partial charge in [-0.1, -0.05) is 17.7 Å². The van der Waals surface area contributed by atoms with E-state index in [1.165, 1.54) is 16.3 Å². The molecule has 134 valence electrons. The van der Waals surface area contributed by atoms with Crippen molar-refractivity contribution in [3.8, 4) is 0 Å². The van der Waals surface area contributed by atoms with E-state index in [0.29, 0.717) is 0 Å². The van der Waals surface area contributed by atoms with E-state index >= 15 is 0 Å². The van der Waals surface area contributed by atoms with Crippen molar-refractivity contribution in [2.75, 3.05) is 43.4 Å². The normalized spacial score (nSPS) is 15.5. The molecule has 2 aromatic rings. The summed E-state index contributed by atoms with van der Waals surface area (Å²) in [5, 5.41) is 0.804. The molecule has 0 amide bonds. The minimum absolute atomic E-state index is 0.162. The standard InChI is InChI=1S/C19H23ClN2OS2/c1-15(23)18-6-7-19(25-18)24-13-3-8-21-9-11-22(12-10-21)17-5-2-4-16(20)14-17/h2,4-7,14H,3,8-13H2,1H3. The number of thioether (sulfide) groups is 1. The Balaban J connectivity index is 1.36. The fourth-order valence-corrected chi connectivity index (χ4v) is 5.16. The van der Waals surface area contributed by atoms with Crippen molar-refractivity contribution in [2.45, 2.75) is 17.6 Å². The lowest BCUT2D eigenvalue weighted by Crippen LogP contribution is -2.46. The predicted octanol–water partition coefficient (Wildman–Crippen LogP) is 4.91.